The van der Waals surface area contributed by atoms with Crippen LogP contribution in [0.2, 0.25) is 0 Å². The minimum atomic E-state index is 0.322. The summed E-state index contributed by atoms with van der Waals surface area (Å²) < 4.78 is 1.12. The van der Waals surface area contributed by atoms with Crippen LogP contribution >= 0.6 is 15.9 Å². The zero-order chi connectivity index (χ0) is 13.0. The fourth-order valence-electron chi connectivity index (χ4n) is 1.88. The van der Waals surface area contributed by atoms with Crippen LogP contribution in [0.5, 0.6) is 0 Å². The van der Waals surface area contributed by atoms with Crippen LogP contribution in [0.15, 0.2) is 47.2 Å². The molecule has 94 valence electrons. The van der Waals surface area contributed by atoms with Gasteiger partial charge < -0.3 is 5.32 Å². The van der Waals surface area contributed by atoms with E-state index >= 15 is 0 Å². The van der Waals surface area contributed by atoms with Crippen LogP contribution in [-0.4, -0.2) is 4.98 Å². The predicted octanol–water partition coefficient (Wildman–Crippen LogP) is 4.00. The molecule has 2 nitrogen and oxygen atoms in total. The highest BCUT2D eigenvalue weighted by molar-refractivity contribution is 9.10. The predicted molar refractivity (Wildman–Crippen MR) is 78.4 cm³/mol. The van der Waals surface area contributed by atoms with Gasteiger partial charge in [-0.25, -0.2) is 0 Å². The highest BCUT2D eigenvalue weighted by atomic mass is 79.9. The zero-order valence-corrected chi connectivity index (χ0v) is 12.2. The molecule has 1 aromatic carbocycles. The third kappa shape index (κ3) is 3.65. The van der Waals surface area contributed by atoms with E-state index in [1.165, 1.54) is 16.7 Å². The Hall–Kier alpha value is -1.19. The zero-order valence-electron chi connectivity index (χ0n) is 10.7. The van der Waals surface area contributed by atoms with E-state index in [-0.39, 0.29) is 0 Å². The maximum absolute atomic E-state index is 4.20. The molecule has 0 saturated carbocycles. The van der Waals surface area contributed by atoms with Crippen molar-refractivity contribution < 1.29 is 0 Å². The molecule has 1 unspecified atom stereocenters. The van der Waals surface area contributed by atoms with Gasteiger partial charge in [-0.1, -0.05) is 34.1 Å². The number of aromatic nitrogens is 1. The van der Waals surface area contributed by atoms with Gasteiger partial charge in [0.15, 0.2) is 0 Å². The van der Waals surface area contributed by atoms with E-state index in [2.05, 4.69) is 64.3 Å². The topological polar surface area (TPSA) is 24.9 Å². The molecular formula is C15H17BrN2. The van der Waals surface area contributed by atoms with Gasteiger partial charge in [-0.3, -0.25) is 4.98 Å². The third-order valence-electron chi connectivity index (χ3n) is 2.89. The number of nitrogens with one attached hydrogen (secondary N) is 1. The molecule has 0 aliphatic rings. The molecule has 0 fully saturated rings. The first-order valence-electron chi connectivity index (χ1n) is 6.04. The molecule has 1 N–H and O–H groups in total. The first-order chi connectivity index (χ1) is 8.65. The normalized spacial score (nSPS) is 12.4. The lowest BCUT2D eigenvalue weighted by Crippen LogP contribution is -2.18. The molecule has 18 heavy (non-hydrogen) atoms. The molecule has 0 radical (unpaired) electrons. The van der Waals surface area contributed by atoms with E-state index in [1.54, 1.807) is 0 Å². The molecule has 0 spiro atoms. The molecule has 0 aliphatic heterocycles. The van der Waals surface area contributed by atoms with Crippen LogP contribution in [0.1, 0.15) is 29.7 Å². The van der Waals surface area contributed by atoms with Crippen molar-refractivity contribution in [3.63, 3.8) is 0 Å². The van der Waals surface area contributed by atoms with Crippen LogP contribution in [0, 0.1) is 6.92 Å². The molecule has 1 heterocycles. The second kappa shape index (κ2) is 6.12. The summed E-state index contributed by atoms with van der Waals surface area (Å²) in [5, 5.41) is 3.51. The Morgan fingerprint density at radius 2 is 2.11 bits per heavy atom. The lowest BCUT2D eigenvalue weighted by molar-refractivity contribution is 0.573. The van der Waals surface area contributed by atoms with Gasteiger partial charge in [0.05, 0.1) is 0 Å². The van der Waals surface area contributed by atoms with Crippen LogP contribution < -0.4 is 5.32 Å². The number of benzene rings is 1. The summed E-state index contributed by atoms with van der Waals surface area (Å²) in [6.07, 6.45) is 3.79. The first kappa shape index (κ1) is 13.2. The van der Waals surface area contributed by atoms with Crippen LogP contribution in [0.25, 0.3) is 0 Å². The maximum atomic E-state index is 4.20. The summed E-state index contributed by atoms with van der Waals surface area (Å²) >= 11 is 3.50. The summed E-state index contributed by atoms with van der Waals surface area (Å²) in [4.78, 5) is 4.20. The van der Waals surface area contributed by atoms with Gasteiger partial charge in [0.1, 0.15) is 0 Å². The van der Waals surface area contributed by atoms with E-state index in [4.69, 9.17) is 0 Å². The van der Waals surface area contributed by atoms with Crippen molar-refractivity contribution in [2.45, 2.75) is 26.4 Å². The minimum absolute atomic E-state index is 0.322. The van der Waals surface area contributed by atoms with Crippen LogP contribution in [-0.2, 0) is 6.54 Å². The van der Waals surface area contributed by atoms with E-state index in [9.17, 15) is 0 Å². The maximum Gasteiger partial charge on any atom is 0.0313 e. The standard InChI is InChI=1S/C15H17BrN2/c1-11-6-13(9-17-8-11)10-18-12(2)14-4-3-5-15(16)7-14/h3-9,12,18H,10H2,1-2H3. The summed E-state index contributed by atoms with van der Waals surface area (Å²) in [5.74, 6) is 0. The number of halogens is 1. The van der Waals surface area contributed by atoms with Crippen molar-refractivity contribution in [2.75, 3.05) is 0 Å². The van der Waals surface area contributed by atoms with Crippen molar-refractivity contribution in [3.05, 3.63) is 63.9 Å². The largest absolute Gasteiger partial charge is 0.306 e. The number of hydrogen-bond acceptors (Lipinski definition) is 2. The Morgan fingerprint density at radius 1 is 1.28 bits per heavy atom. The van der Waals surface area contributed by atoms with E-state index in [0.717, 1.165) is 11.0 Å². The highest BCUT2D eigenvalue weighted by Gasteiger charge is 2.05. The molecule has 3 heteroatoms. The Kier molecular flexibility index (Phi) is 4.50. The number of aryl methyl sites for hydroxylation is 1. The van der Waals surface area contributed by atoms with E-state index in [1.807, 2.05) is 18.5 Å². The summed E-state index contributed by atoms with van der Waals surface area (Å²) in [6, 6.07) is 10.9. The lowest BCUT2D eigenvalue weighted by atomic mass is 10.1. The van der Waals surface area contributed by atoms with Crippen molar-refractivity contribution in [3.8, 4) is 0 Å². The lowest BCUT2D eigenvalue weighted by Gasteiger charge is -2.14. The van der Waals surface area contributed by atoms with Crippen molar-refractivity contribution in [2.24, 2.45) is 0 Å². The number of pyridine rings is 1. The molecule has 2 aromatic rings. The van der Waals surface area contributed by atoms with Crippen molar-refractivity contribution in [1.29, 1.82) is 0 Å². The van der Waals surface area contributed by atoms with E-state index in [0.29, 0.717) is 6.04 Å². The molecule has 0 saturated heterocycles. The average molecular weight is 305 g/mol. The van der Waals surface area contributed by atoms with Gasteiger partial charge in [-0.15, -0.1) is 0 Å². The minimum Gasteiger partial charge on any atom is -0.306 e. The number of nitrogens with zero attached hydrogens (tertiary/aromatic N) is 1. The van der Waals surface area contributed by atoms with Gasteiger partial charge >= 0.3 is 0 Å². The Morgan fingerprint density at radius 3 is 2.83 bits per heavy atom. The molecule has 0 aliphatic carbocycles. The second-order valence-electron chi connectivity index (χ2n) is 4.53. The van der Waals surface area contributed by atoms with Gasteiger partial charge in [0.25, 0.3) is 0 Å². The van der Waals surface area contributed by atoms with Crippen LogP contribution in [0.3, 0.4) is 0 Å². The van der Waals surface area contributed by atoms with Gasteiger partial charge in [0, 0.05) is 29.5 Å². The molecular weight excluding hydrogens is 288 g/mol. The molecule has 1 atom stereocenters. The second-order valence-corrected chi connectivity index (χ2v) is 5.44. The summed E-state index contributed by atoms with van der Waals surface area (Å²) in [7, 11) is 0. The third-order valence-corrected chi connectivity index (χ3v) is 3.39. The Balaban J connectivity index is 1.98. The Labute approximate surface area is 117 Å². The van der Waals surface area contributed by atoms with Gasteiger partial charge in [-0.05, 0) is 42.7 Å². The SMILES string of the molecule is Cc1cncc(CNC(C)c2cccc(Br)c2)c1. The smallest absolute Gasteiger partial charge is 0.0313 e. The van der Waals surface area contributed by atoms with Gasteiger partial charge in [-0.2, -0.15) is 0 Å². The molecule has 2 rings (SSSR count). The Bertz CT molecular complexity index is 525. The molecule has 0 amide bonds. The summed E-state index contributed by atoms with van der Waals surface area (Å²) in [6.45, 7) is 5.07. The molecule has 0 bridgehead atoms. The monoisotopic (exact) mass is 304 g/mol. The first-order valence-corrected chi connectivity index (χ1v) is 6.84. The van der Waals surface area contributed by atoms with E-state index < -0.39 is 0 Å². The van der Waals surface area contributed by atoms with Gasteiger partial charge in [0.2, 0.25) is 0 Å². The van der Waals surface area contributed by atoms with Crippen molar-refractivity contribution in [1.82, 2.24) is 10.3 Å². The molecule has 1 aromatic heterocycles. The number of rotatable bonds is 4. The fourth-order valence-corrected chi connectivity index (χ4v) is 2.30. The van der Waals surface area contributed by atoms with Crippen molar-refractivity contribution >= 4 is 15.9 Å². The fraction of sp³-hybridized carbons (Fsp3) is 0.267. The summed E-state index contributed by atoms with van der Waals surface area (Å²) in [5.41, 5.74) is 3.70. The number of hydrogen-bond donors (Lipinski definition) is 1. The highest BCUT2D eigenvalue weighted by Crippen LogP contribution is 2.18. The average Bonchev–Trinajstić information content (AvgIpc) is 2.36. The van der Waals surface area contributed by atoms with Crippen LogP contribution in [0.4, 0.5) is 0 Å². The quantitative estimate of drug-likeness (QED) is 0.923.